The van der Waals surface area contributed by atoms with Crippen LogP contribution in [0.4, 0.5) is 0 Å². The highest BCUT2D eigenvalue weighted by atomic mass is 14.2. The Labute approximate surface area is 301 Å². The molecule has 0 amide bonds. The fourth-order valence-electron chi connectivity index (χ4n) is 7.62. The molecule has 10 aromatic carbocycles. The van der Waals surface area contributed by atoms with Crippen LogP contribution in [-0.2, 0) is 0 Å². The van der Waals surface area contributed by atoms with Crippen LogP contribution in [0.15, 0.2) is 194 Å². The van der Waals surface area contributed by atoms with E-state index >= 15 is 0 Å². The third-order valence-corrected chi connectivity index (χ3v) is 9.87. The number of hydrogen-bond donors (Lipinski definition) is 0. The molecule has 0 aliphatic carbocycles. The first-order valence-electron chi connectivity index (χ1n) is 20.3. The van der Waals surface area contributed by atoms with E-state index in [9.17, 15) is 6.85 Å². The molecule has 0 heterocycles. The van der Waals surface area contributed by atoms with Gasteiger partial charge in [-0.15, -0.1) is 0 Å². The van der Waals surface area contributed by atoms with Gasteiger partial charge in [0.15, 0.2) is 0 Å². The molecule has 0 unspecified atom stereocenters. The van der Waals surface area contributed by atoms with Gasteiger partial charge < -0.3 is 0 Å². The van der Waals surface area contributed by atoms with Crippen LogP contribution in [0.25, 0.3) is 98.4 Å². The molecular weight excluding hydrogens is 601 g/mol. The summed E-state index contributed by atoms with van der Waals surface area (Å²) in [7, 11) is 0. The normalized spacial score (nSPS) is 13.6. The van der Waals surface area contributed by atoms with E-state index in [1.54, 1.807) is 0 Å². The van der Waals surface area contributed by atoms with E-state index in [0.717, 1.165) is 43.4 Å². The van der Waals surface area contributed by atoms with Gasteiger partial charge in [0.05, 0.1) is 9.60 Å². The second kappa shape index (κ2) is 11.6. The van der Waals surface area contributed by atoms with Crippen molar-refractivity contribution in [2.24, 2.45) is 0 Å². The topological polar surface area (TPSA) is 0 Å². The second-order valence-electron chi connectivity index (χ2n) is 12.7. The maximum absolute atomic E-state index is 10.2. The third kappa shape index (κ3) is 4.54. The van der Waals surface area contributed by atoms with Gasteiger partial charge in [-0.3, -0.25) is 0 Å². The van der Waals surface area contributed by atoms with Crippen LogP contribution in [0.5, 0.6) is 0 Å². The minimum absolute atomic E-state index is 0.0195. The Balaban J connectivity index is 1.45. The van der Waals surface area contributed by atoms with Gasteiger partial charge in [0.2, 0.25) is 0 Å². The molecule has 0 saturated carbocycles. The Kier molecular flexibility index (Phi) is 5.14. The molecule has 10 rings (SSSR count). The van der Waals surface area contributed by atoms with Crippen LogP contribution in [0, 0.1) is 0 Å². The first-order valence-corrected chi connectivity index (χ1v) is 16.8. The lowest BCUT2D eigenvalue weighted by atomic mass is 9.83. The van der Waals surface area contributed by atoms with Crippen molar-refractivity contribution in [1.82, 2.24) is 0 Å². The standard InChI is InChI=1S/C50H32/c1-4-21-39-33(13-1)16-10-26-42(39)36-19-9-20-38(31-36)49-45-24-7-8-25-46(45)50(44-28-12-18-35-15-3-6-23-41(35)44)48-32-37(29-30-47(48)49)43-27-11-17-34-14-2-5-22-40(34)43/h1-32H/i7D,8D,24D,25D,29D,30D,32D. The fraction of sp³-hybridized carbons (Fsp3) is 0. The van der Waals surface area contributed by atoms with Crippen molar-refractivity contribution in [3.63, 3.8) is 0 Å². The van der Waals surface area contributed by atoms with Gasteiger partial charge in [-0.1, -0.05) is 182 Å². The predicted molar refractivity (Wildman–Crippen MR) is 216 cm³/mol. The fourth-order valence-corrected chi connectivity index (χ4v) is 7.62. The van der Waals surface area contributed by atoms with Crippen LogP contribution >= 0.6 is 0 Å². The molecule has 0 atom stereocenters. The molecule has 0 nitrogen and oxygen atoms in total. The Morgan fingerprint density at radius 3 is 1.40 bits per heavy atom. The summed E-state index contributed by atoms with van der Waals surface area (Å²) in [6.07, 6.45) is 0. The number of benzene rings is 10. The molecule has 0 aliphatic rings. The zero-order valence-electron chi connectivity index (χ0n) is 33.9. The summed E-state index contributed by atoms with van der Waals surface area (Å²) in [4.78, 5) is 0. The molecule has 0 heteroatoms. The van der Waals surface area contributed by atoms with Crippen molar-refractivity contribution in [1.29, 1.82) is 0 Å². The summed E-state index contributed by atoms with van der Waals surface area (Å²) in [6.45, 7) is 0. The van der Waals surface area contributed by atoms with Crippen molar-refractivity contribution in [3.8, 4) is 44.5 Å². The highest BCUT2D eigenvalue weighted by Crippen LogP contribution is 2.47. The van der Waals surface area contributed by atoms with E-state index in [0.29, 0.717) is 44.2 Å². The molecule has 0 spiro atoms. The molecule has 0 radical (unpaired) electrons. The van der Waals surface area contributed by atoms with E-state index < -0.39 is 6.04 Å². The SMILES string of the molecule is [2H]c1c([2H])c([2H])c2c(-c3cccc4ccccc34)c3c([2H])c(-c4cccc5ccccc45)c([2H])c([2H])c3c(-c3cccc(-c4cccc5ccccc45)c3)c2c1[2H]. The molecule has 0 aliphatic heterocycles. The second-order valence-corrected chi connectivity index (χ2v) is 12.7. The monoisotopic (exact) mass is 639 g/mol. The molecule has 0 saturated heterocycles. The van der Waals surface area contributed by atoms with Crippen molar-refractivity contribution in [2.45, 2.75) is 0 Å². The van der Waals surface area contributed by atoms with Gasteiger partial charge in [0.25, 0.3) is 0 Å². The van der Waals surface area contributed by atoms with Crippen molar-refractivity contribution >= 4 is 53.9 Å². The van der Waals surface area contributed by atoms with E-state index in [1.807, 2.05) is 127 Å². The van der Waals surface area contributed by atoms with Gasteiger partial charge in [0, 0.05) is 0 Å². The van der Waals surface area contributed by atoms with E-state index in [-0.39, 0.29) is 47.0 Å². The Hall–Kier alpha value is -6.50. The number of hydrogen-bond acceptors (Lipinski definition) is 0. The molecular formula is C50H32. The van der Waals surface area contributed by atoms with Gasteiger partial charge >= 0.3 is 0 Å². The van der Waals surface area contributed by atoms with E-state index in [4.69, 9.17) is 2.74 Å². The van der Waals surface area contributed by atoms with Crippen LogP contribution < -0.4 is 0 Å². The van der Waals surface area contributed by atoms with Crippen molar-refractivity contribution < 1.29 is 9.60 Å². The summed E-state index contributed by atoms with van der Waals surface area (Å²) in [5.41, 5.74) is 4.96. The highest BCUT2D eigenvalue weighted by Gasteiger charge is 2.19. The molecule has 10 aromatic rings. The highest BCUT2D eigenvalue weighted by molar-refractivity contribution is 6.24. The minimum atomic E-state index is -0.390. The molecule has 0 aromatic heterocycles. The Morgan fingerprint density at radius 2 is 0.760 bits per heavy atom. The summed E-state index contributed by atoms with van der Waals surface area (Å²) in [6, 6.07) is 47.9. The van der Waals surface area contributed by atoms with Gasteiger partial charge in [-0.05, 0) is 110 Å². The summed E-state index contributed by atoms with van der Waals surface area (Å²) < 4.78 is 66.9. The molecule has 0 fully saturated rings. The Bertz CT molecular complexity index is 3310. The predicted octanol–water partition coefficient (Wildman–Crippen LogP) is 14.1. The van der Waals surface area contributed by atoms with Gasteiger partial charge in [0.1, 0.15) is 0 Å². The van der Waals surface area contributed by atoms with Crippen LogP contribution in [-0.4, -0.2) is 0 Å². The molecule has 50 heavy (non-hydrogen) atoms. The van der Waals surface area contributed by atoms with Gasteiger partial charge in [-0.25, -0.2) is 0 Å². The Morgan fingerprint density at radius 1 is 0.300 bits per heavy atom. The third-order valence-electron chi connectivity index (χ3n) is 9.87. The summed E-state index contributed by atoms with van der Waals surface area (Å²) >= 11 is 0. The van der Waals surface area contributed by atoms with Crippen LogP contribution in [0.2, 0.25) is 0 Å². The van der Waals surface area contributed by atoms with Gasteiger partial charge in [-0.2, -0.15) is 0 Å². The average Bonchev–Trinajstić information content (AvgIpc) is 3.25. The first-order chi connectivity index (χ1) is 27.7. The van der Waals surface area contributed by atoms with Crippen molar-refractivity contribution in [3.05, 3.63) is 194 Å². The molecule has 0 bridgehead atoms. The lowest BCUT2D eigenvalue weighted by Gasteiger charge is -2.20. The van der Waals surface area contributed by atoms with Crippen LogP contribution in [0.1, 0.15) is 9.60 Å². The average molecular weight is 640 g/mol. The maximum Gasteiger partial charge on any atom is 0.0636 e. The van der Waals surface area contributed by atoms with E-state index in [2.05, 4.69) is 24.3 Å². The molecule has 232 valence electrons. The van der Waals surface area contributed by atoms with E-state index in [1.165, 1.54) is 0 Å². The lowest BCUT2D eigenvalue weighted by Crippen LogP contribution is -1.93. The number of rotatable bonds is 4. The summed E-state index contributed by atoms with van der Waals surface area (Å²) in [5, 5.41) is 6.86. The lowest BCUT2D eigenvalue weighted by molar-refractivity contribution is 1.63. The summed E-state index contributed by atoms with van der Waals surface area (Å²) in [5.74, 6) is 0. The number of fused-ring (bicyclic) bond motifs is 5. The zero-order chi connectivity index (χ0) is 39.1. The molecule has 0 N–H and O–H groups in total. The minimum Gasteiger partial charge on any atom is -0.0616 e. The smallest absolute Gasteiger partial charge is 0.0616 e. The largest absolute Gasteiger partial charge is 0.0636 e. The zero-order valence-corrected chi connectivity index (χ0v) is 26.9. The first kappa shape index (κ1) is 22.2. The quantitative estimate of drug-likeness (QED) is 0.168. The van der Waals surface area contributed by atoms with Crippen LogP contribution in [0.3, 0.4) is 0 Å². The maximum atomic E-state index is 10.2. The van der Waals surface area contributed by atoms with Crippen molar-refractivity contribution in [2.75, 3.05) is 0 Å².